The number of aliphatic hydroxyl groups is 1. The van der Waals surface area contributed by atoms with Crippen molar-refractivity contribution in [2.75, 3.05) is 22.1 Å². The van der Waals surface area contributed by atoms with E-state index in [2.05, 4.69) is 37.8 Å². The minimum atomic E-state index is -0.691. The highest BCUT2D eigenvalue weighted by molar-refractivity contribution is 7.19. The number of carbonyl (C=O) groups excluding carboxylic acids is 1. The van der Waals surface area contributed by atoms with Gasteiger partial charge >= 0.3 is 0 Å². The van der Waals surface area contributed by atoms with Crippen molar-refractivity contribution >= 4 is 57.1 Å². The van der Waals surface area contributed by atoms with Gasteiger partial charge in [0.25, 0.3) is 0 Å². The molecule has 1 aliphatic carbocycles. The van der Waals surface area contributed by atoms with Crippen LogP contribution in [0.4, 0.5) is 22.7 Å². The number of rotatable bonds is 6. The van der Waals surface area contributed by atoms with Crippen LogP contribution in [0.2, 0.25) is 4.34 Å². The van der Waals surface area contributed by atoms with Crippen LogP contribution >= 0.6 is 22.9 Å². The molecule has 2 fully saturated rings. The largest absolute Gasteiger partial charge is 0.391 e. The Morgan fingerprint density at radius 3 is 3.03 bits per heavy atom. The fourth-order valence-electron chi connectivity index (χ4n) is 4.19. The van der Waals surface area contributed by atoms with Gasteiger partial charge in [0.1, 0.15) is 15.9 Å². The third kappa shape index (κ3) is 3.87. The van der Waals surface area contributed by atoms with E-state index in [1.54, 1.807) is 9.42 Å². The highest BCUT2D eigenvalue weighted by Crippen LogP contribution is 2.47. The molecular formula is C21H22ClN9O2S. The molecule has 4 aromatic heterocycles. The van der Waals surface area contributed by atoms with Gasteiger partial charge in [-0.1, -0.05) is 29.9 Å². The Hall–Kier alpha value is -3.22. The number of amides is 1. The summed E-state index contributed by atoms with van der Waals surface area (Å²) in [7, 11) is 0. The third-order valence-corrected chi connectivity index (χ3v) is 7.43. The number of nitrogens with zero attached hydrogens (tertiary/aromatic N) is 6. The number of aliphatic hydroxyl groups excluding tert-OH is 1. The number of β-amino-alcohol motifs (C(OH)–C–C–N with tert-alkyl or cyclic N) is 1. The summed E-state index contributed by atoms with van der Waals surface area (Å²) in [5, 5.41) is 28.9. The van der Waals surface area contributed by atoms with E-state index in [0.29, 0.717) is 27.1 Å². The van der Waals surface area contributed by atoms with Gasteiger partial charge in [0.05, 0.1) is 12.3 Å². The topological polar surface area (TPSA) is 136 Å². The zero-order valence-electron chi connectivity index (χ0n) is 18.2. The molecule has 5 heterocycles. The quantitative estimate of drug-likeness (QED) is 0.318. The van der Waals surface area contributed by atoms with Gasteiger partial charge in [0.2, 0.25) is 11.9 Å². The molecule has 4 aromatic rings. The number of fused-ring (bicyclic) bond motifs is 1. The molecule has 11 nitrogen and oxygen atoms in total. The first kappa shape index (κ1) is 21.3. The van der Waals surface area contributed by atoms with E-state index in [9.17, 15) is 9.90 Å². The van der Waals surface area contributed by atoms with Gasteiger partial charge in [0.15, 0.2) is 16.8 Å². The van der Waals surface area contributed by atoms with Gasteiger partial charge < -0.3 is 20.6 Å². The Morgan fingerprint density at radius 2 is 2.26 bits per heavy atom. The maximum atomic E-state index is 13.0. The summed E-state index contributed by atoms with van der Waals surface area (Å²) in [5.41, 5.74) is 2.03. The number of nitrogens with one attached hydrogen (secondary N) is 3. The third-order valence-electron chi connectivity index (χ3n) is 6.40. The molecule has 0 spiro atoms. The number of hydrogen-bond acceptors (Lipinski definition) is 9. The first-order chi connectivity index (χ1) is 16.4. The lowest BCUT2D eigenvalue weighted by atomic mass is 10.1. The van der Waals surface area contributed by atoms with Gasteiger partial charge in [-0.05, 0) is 25.0 Å². The van der Waals surface area contributed by atoms with E-state index in [-0.39, 0.29) is 24.3 Å². The SMILES string of the molecule is CC1(c2cc(Nc3nc(N4C[C@@H](O)C[C@H]4C(=O)Nc4ncc(Cl)s4)nn4cccc34)n[nH]2)CC1. The maximum absolute atomic E-state index is 13.0. The van der Waals surface area contributed by atoms with Crippen molar-refractivity contribution < 1.29 is 9.90 Å². The van der Waals surface area contributed by atoms with Crippen LogP contribution in [0, 0.1) is 0 Å². The molecule has 1 saturated heterocycles. The number of thiazole rings is 1. The zero-order valence-corrected chi connectivity index (χ0v) is 19.8. The van der Waals surface area contributed by atoms with Crippen LogP contribution in [-0.2, 0) is 10.2 Å². The molecular weight excluding hydrogens is 478 g/mol. The molecule has 6 rings (SSSR count). The molecule has 4 N–H and O–H groups in total. The van der Waals surface area contributed by atoms with Crippen molar-refractivity contribution in [3.8, 4) is 0 Å². The second-order valence-corrected chi connectivity index (χ2v) is 10.6. The lowest BCUT2D eigenvalue weighted by Gasteiger charge is -2.23. The highest BCUT2D eigenvalue weighted by atomic mass is 35.5. The summed E-state index contributed by atoms with van der Waals surface area (Å²) in [6, 6.07) is 5.11. The van der Waals surface area contributed by atoms with E-state index in [1.165, 1.54) is 17.5 Å². The van der Waals surface area contributed by atoms with Crippen molar-refractivity contribution in [2.45, 2.75) is 43.7 Å². The summed E-state index contributed by atoms with van der Waals surface area (Å²) in [4.78, 5) is 23.5. The standard InChI is InChI=1S/C21H22ClN9O2S/c1-21(4-5-21)14-8-16(28-27-14)24-17-12-3-2-6-31(12)29-19(25-17)30-10-11(32)7-13(30)18(33)26-20-23-9-15(22)34-20/h2-3,6,8-9,11,13,32H,4-5,7,10H2,1H3,(H,23,26,33)(H2,24,25,27,28,29)/t11-,13-/m0/s1. The van der Waals surface area contributed by atoms with Gasteiger partial charge in [-0.25, -0.2) is 9.50 Å². The number of H-pyrrole nitrogens is 1. The molecule has 1 amide bonds. The summed E-state index contributed by atoms with van der Waals surface area (Å²) in [6.45, 7) is 2.44. The summed E-state index contributed by atoms with van der Waals surface area (Å²) < 4.78 is 2.17. The molecule has 0 radical (unpaired) electrons. The number of halogens is 1. The maximum Gasteiger partial charge on any atom is 0.249 e. The van der Waals surface area contributed by atoms with Gasteiger partial charge in [-0.2, -0.15) is 10.1 Å². The van der Waals surface area contributed by atoms with Crippen molar-refractivity contribution in [3.63, 3.8) is 0 Å². The monoisotopic (exact) mass is 499 g/mol. The fourth-order valence-corrected chi connectivity index (χ4v) is 5.01. The summed E-state index contributed by atoms with van der Waals surface area (Å²) in [6.07, 6.45) is 5.14. The molecule has 1 aliphatic heterocycles. The van der Waals surface area contributed by atoms with E-state index in [4.69, 9.17) is 16.6 Å². The molecule has 2 aliphatic rings. The number of carbonyl (C=O) groups is 1. The Morgan fingerprint density at radius 1 is 1.41 bits per heavy atom. The molecule has 2 atom stereocenters. The predicted molar refractivity (Wildman–Crippen MR) is 129 cm³/mol. The Bertz CT molecular complexity index is 1380. The molecule has 0 bridgehead atoms. The number of hydrogen-bond donors (Lipinski definition) is 4. The average molecular weight is 500 g/mol. The number of aromatic nitrogens is 6. The highest BCUT2D eigenvalue weighted by Gasteiger charge is 2.41. The van der Waals surface area contributed by atoms with Crippen molar-refractivity contribution in [3.05, 3.63) is 40.6 Å². The fraction of sp³-hybridized carbons (Fsp3) is 0.381. The Balaban J connectivity index is 1.30. The molecule has 34 heavy (non-hydrogen) atoms. The van der Waals surface area contributed by atoms with Crippen LogP contribution in [-0.4, -0.2) is 59.5 Å². The van der Waals surface area contributed by atoms with Crippen LogP contribution in [0.15, 0.2) is 30.6 Å². The van der Waals surface area contributed by atoms with Gasteiger partial charge in [-0.15, -0.1) is 5.10 Å². The number of aromatic amines is 1. The Labute approximate surface area is 203 Å². The Kier molecular flexibility index (Phi) is 4.97. The lowest BCUT2D eigenvalue weighted by Crippen LogP contribution is -2.41. The molecule has 176 valence electrons. The van der Waals surface area contributed by atoms with Crippen LogP contribution in [0.3, 0.4) is 0 Å². The second-order valence-electron chi connectivity index (χ2n) is 8.97. The molecule has 13 heteroatoms. The minimum Gasteiger partial charge on any atom is -0.391 e. The summed E-state index contributed by atoms with van der Waals surface area (Å²) in [5.74, 6) is 1.24. The van der Waals surface area contributed by atoms with Crippen molar-refractivity contribution in [1.29, 1.82) is 0 Å². The van der Waals surface area contributed by atoms with Gasteiger partial charge in [0, 0.05) is 36.3 Å². The van der Waals surface area contributed by atoms with E-state index in [1.807, 2.05) is 24.4 Å². The number of anilines is 4. The van der Waals surface area contributed by atoms with Crippen LogP contribution in [0.25, 0.3) is 5.52 Å². The van der Waals surface area contributed by atoms with Crippen LogP contribution in [0.5, 0.6) is 0 Å². The van der Waals surface area contributed by atoms with E-state index >= 15 is 0 Å². The van der Waals surface area contributed by atoms with Crippen molar-refractivity contribution in [1.82, 2.24) is 29.8 Å². The summed E-state index contributed by atoms with van der Waals surface area (Å²) >= 11 is 7.10. The zero-order chi connectivity index (χ0) is 23.4. The smallest absolute Gasteiger partial charge is 0.249 e. The van der Waals surface area contributed by atoms with E-state index < -0.39 is 12.1 Å². The first-order valence-electron chi connectivity index (χ1n) is 10.9. The van der Waals surface area contributed by atoms with Gasteiger partial charge in [-0.3, -0.25) is 9.89 Å². The van der Waals surface area contributed by atoms with Crippen LogP contribution < -0.4 is 15.5 Å². The van der Waals surface area contributed by atoms with E-state index in [0.717, 1.165) is 24.1 Å². The normalized spacial score (nSPS) is 21.2. The lowest BCUT2D eigenvalue weighted by molar-refractivity contribution is -0.117. The second kappa shape index (κ2) is 7.93. The predicted octanol–water partition coefficient (Wildman–Crippen LogP) is 2.94. The first-order valence-corrected chi connectivity index (χ1v) is 12.1. The van der Waals surface area contributed by atoms with Crippen molar-refractivity contribution in [2.24, 2.45) is 0 Å². The molecule has 1 saturated carbocycles. The average Bonchev–Trinajstić information content (AvgIpc) is 3.32. The minimum absolute atomic E-state index is 0.169. The molecule has 0 aromatic carbocycles. The van der Waals surface area contributed by atoms with Crippen LogP contribution in [0.1, 0.15) is 31.9 Å². The molecule has 0 unspecified atom stereocenters.